The highest BCUT2D eigenvalue weighted by Crippen LogP contribution is 2.24. The summed E-state index contributed by atoms with van der Waals surface area (Å²) in [5, 5.41) is 15.4. The van der Waals surface area contributed by atoms with Crippen molar-refractivity contribution in [3.05, 3.63) is 0 Å². The predicted molar refractivity (Wildman–Crippen MR) is 36.9 cm³/mol. The van der Waals surface area contributed by atoms with E-state index in [1.165, 1.54) is 0 Å². The van der Waals surface area contributed by atoms with Gasteiger partial charge >= 0.3 is 0 Å². The van der Waals surface area contributed by atoms with Gasteiger partial charge in [0.2, 0.25) is 0 Å². The molecule has 2 rings (SSSR count). The Labute approximate surface area is 60.0 Å². The number of hydrogen-bond donors (Lipinski definition) is 4. The molecule has 4 N–H and O–H groups in total. The molecule has 0 aromatic rings. The van der Waals surface area contributed by atoms with E-state index in [-0.39, 0.29) is 5.54 Å². The van der Waals surface area contributed by atoms with E-state index in [2.05, 4.69) is 16.1 Å². The third kappa shape index (κ3) is 0.703. The summed E-state index contributed by atoms with van der Waals surface area (Å²) in [6.45, 7) is 3.78. The van der Waals surface area contributed by atoms with Crippen LogP contribution in [-0.2, 0) is 0 Å². The Hall–Kier alpha value is -0.160. The van der Waals surface area contributed by atoms with Gasteiger partial charge in [0.05, 0.1) is 5.54 Å². The average Bonchev–Trinajstić information content (AvgIpc) is 2.42. The van der Waals surface area contributed by atoms with Crippen molar-refractivity contribution in [1.82, 2.24) is 16.1 Å². The van der Waals surface area contributed by atoms with E-state index in [1.807, 2.05) is 0 Å². The monoisotopic (exact) mass is 143 g/mol. The van der Waals surface area contributed by atoms with Gasteiger partial charge in [0.25, 0.3) is 0 Å². The van der Waals surface area contributed by atoms with Crippen molar-refractivity contribution >= 4 is 0 Å². The molecule has 0 amide bonds. The van der Waals surface area contributed by atoms with Crippen molar-refractivity contribution in [2.24, 2.45) is 5.92 Å². The summed E-state index contributed by atoms with van der Waals surface area (Å²) in [6.07, 6.45) is 0. The van der Waals surface area contributed by atoms with Gasteiger partial charge in [-0.3, -0.25) is 0 Å². The molecule has 2 aliphatic rings. The van der Waals surface area contributed by atoms with Gasteiger partial charge in [-0.25, -0.2) is 0 Å². The lowest BCUT2D eigenvalue weighted by atomic mass is 9.92. The highest BCUT2D eigenvalue weighted by molar-refractivity contribution is 5.06. The zero-order chi connectivity index (χ0) is 7.03. The van der Waals surface area contributed by atoms with Crippen molar-refractivity contribution in [3.63, 3.8) is 0 Å². The van der Waals surface area contributed by atoms with E-state index in [1.54, 1.807) is 0 Å². The van der Waals surface area contributed by atoms with Crippen molar-refractivity contribution in [2.45, 2.75) is 5.54 Å². The van der Waals surface area contributed by atoms with E-state index in [4.69, 9.17) is 5.21 Å². The van der Waals surface area contributed by atoms with Crippen LogP contribution in [0.2, 0.25) is 0 Å². The Bertz CT molecular complexity index is 129. The Morgan fingerprint density at radius 2 is 1.90 bits per heavy atom. The highest BCUT2D eigenvalue weighted by Gasteiger charge is 2.46. The number of hydroxylamine groups is 1. The van der Waals surface area contributed by atoms with Crippen LogP contribution in [0.3, 0.4) is 0 Å². The van der Waals surface area contributed by atoms with Crippen LogP contribution in [0.1, 0.15) is 0 Å². The van der Waals surface area contributed by atoms with Gasteiger partial charge in [0.1, 0.15) is 0 Å². The molecule has 0 saturated carbocycles. The second-order valence-electron chi connectivity index (χ2n) is 3.23. The molecular formula is C6H13N3O. The minimum Gasteiger partial charge on any atom is -0.316 e. The summed E-state index contributed by atoms with van der Waals surface area (Å²) in [4.78, 5) is 0. The van der Waals surface area contributed by atoms with Gasteiger partial charge in [-0.1, -0.05) is 0 Å². The molecule has 0 radical (unpaired) electrons. The molecule has 4 heteroatoms. The lowest BCUT2D eigenvalue weighted by Gasteiger charge is -2.24. The number of hydrogen-bond acceptors (Lipinski definition) is 4. The fraction of sp³-hybridized carbons (Fsp3) is 1.00. The average molecular weight is 143 g/mol. The third-order valence-electron chi connectivity index (χ3n) is 2.67. The SMILES string of the molecule is ONC12CNCC1CNC2. The highest BCUT2D eigenvalue weighted by atomic mass is 16.5. The molecule has 0 bridgehead atoms. The van der Waals surface area contributed by atoms with E-state index >= 15 is 0 Å². The van der Waals surface area contributed by atoms with Crippen molar-refractivity contribution in [1.29, 1.82) is 0 Å². The lowest BCUT2D eigenvalue weighted by Crippen LogP contribution is -2.51. The van der Waals surface area contributed by atoms with Crippen molar-refractivity contribution < 1.29 is 5.21 Å². The van der Waals surface area contributed by atoms with Crippen molar-refractivity contribution in [2.75, 3.05) is 26.2 Å². The second-order valence-corrected chi connectivity index (χ2v) is 3.23. The number of rotatable bonds is 1. The summed E-state index contributed by atoms with van der Waals surface area (Å²) >= 11 is 0. The van der Waals surface area contributed by atoms with Crippen molar-refractivity contribution in [3.8, 4) is 0 Å². The van der Waals surface area contributed by atoms with Gasteiger partial charge in [-0.2, -0.15) is 5.48 Å². The maximum atomic E-state index is 8.90. The molecule has 0 aromatic heterocycles. The molecule has 0 aliphatic carbocycles. The van der Waals surface area contributed by atoms with Crippen LogP contribution in [-0.4, -0.2) is 36.9 Å². The second kappa shape index (κ2) is 2.17. The van der Waals surface area contributed by atoms with E-state index < -0.39 is 0 Å². The normalized spacial score (nSPS) is 45.9. The molecule has 0 unspecified atom stereocenters. The molecule has 0 aromatic carbocycles. The Morgan fingerprint density at radius 3 is 2.30 bits per heavy atom. The summed E-state index contributed by atoms with van der Waals surface area (Å²) in [7, 11) is 0. The Morgan fingerprint density at radius 1 is 1.30 bits per heavy atom. The summed E-state index contributed by atoms with van der Waals surface area (Å²) in [5.74, 6) is 0.553. The molecule has 2 aliphatic heterocycles. The molecule has 4 nitrogen and oxygen atoms in total. The topological polar surface area (TPSA) is 56.3 Å². The van der Waals surface area contributed by atoms with Crippen LogP contribution in [0.4, 0.5) is 0 Å². The van der Waals surface area contributed by atoms with Gasteiger partial charge in [-0.05, 0) is 0 Å². The quantitative estimate of drug-likeness (QED) is 0.338. The van der Waals surface area contributed by atoms with Crippen LogP contribution in [0, 0.1) is 5.92 Å². The van der Waals surface area contributed by atoms with Crippen LogP contribution < -0.4 is 16.1 Å². The Kier molecular flexibility index (Phi) is 1.42. The summed E-state index contributed by atoms with van der Waals surface area (Å²) in [5.41, 5.74) is 2.34. The maximum Gasteiger partial charge on any atom is 0.0730 e. The third-order valence-corrected chi connectivity index (χ3v) is 2.67. The smallest absolute Gasteiger partial charge is 0.0730 e. The Balaban J connectivity index is 2.15. The summed E-state index contributed by atoms with van der Waals surface area (Å²) in [6, 6.07) is 0. The molecule has 0 spiro atoms. The number of fused-ring (bicyclic) bond motifs is 1. The summed E-state index contributed by atoms with van der Waals surface area (Å²) < 4.78 is 0. The van der Waals surface area contributed by atoms with E-state index in [9.17, 15) is 0 Å². The molecule has 2 heterocycles. The van der Waals surface area contributed by atoms with Gasteiger partial charge in [0.15, 0.2) is 0 Å². The van der Waals surface area contributed by atoms with Gasteiger partial charge in [0, 0.05) is 32.1 Å². The first kappa shape index (κ1) is 6.54. The largest absolute Gasteiger partial charge is 0.316 e. The first-order valence-electron chi connectivity index (χ1n) is 3.70. The standard InChI is InChI=1S/C6H13N3O/c10-9-6-3-7-1-5(6)2-8-4-6/h5,7-10H,1-4H2. The number of nitrogens with one attached hydrogen (secondary N) is 3. The van der Waals surface area contributed by atoms with Crippen LogP contribution >= 0.6 is 0 Å². The van der Waals surface area contributed by atoms with Crippen LogP contribution in [0.25, 0.3) is 0 Å². The maximum absolute atomic E-state index is 8.90. The molecule has 10 heavy (non-hydrogen) atoms. The van der Waals surface area contributed by atoms with Crippen LogP contribution in [0.15, 0.2) is 0 Å². The lowest BCUT2D eigenvalue weighted by molar-refractivity contribution is 0.0667. The van der Waals surface area contributed by atoms with Gasteiger partial charge in [-0.15, -0.1) is 0 Å². The molecule has 0 atom stereocenters. The fourth-order valence-electron chi connectivity index (χ4n) is 1.92. The first-order valence-corrected chi connectivity index (χ1v) is 3.70. The molecule has 58 valence electrons. The van der Waals surface area contributed by atoms with E-state index in [0.717, 1.165) is 26.2 Å². The molecular weight excluding hydrogens is 130 g/mol. The van der Waals surface area contributed by atoms with Gasteiger partial charge < -0.3 is 15.8 Å². The molecule has 2 fully saturated rings. The fourth-order valence-corrected chi connectivity index (χ4v) is 1.92. The van der Waals surface area contributed by atoms with Crippen LogP contribution in [0.5, 0.6) is 0 Å². The minimum atomic E-state index is -0.0694. The zero-order valence-electron chi connectivity index (χ0n) is 5.85. The zero-order valence-corrected chi connectivity index (χ0v) is 5.85. The van der Waals surface area contributed by atoms with E-state index in [0.29, 0.717) is 5.92 Å². The first-order chi connectivity index (χ1) is 4.87. The minimum absolute atomic E-state index is 0.0694. The molecule has 2 saturated heterocycles. The predicted octanol–water partition coefficient (Wildman–Crippen LogP) is -1.47.